The van der Waals surface area contributed by atoms with Crippen LogP contribution in [-0.2, 0) is 6.42 Å². The molecule has 0 unspecified atom stereocenters. The molecule has 3 heteroatoms. The molecule has 0 heterocycles. The molecule has 2 rings (SSSR count). The molecule has 2 aromatic rings. The fourth-order valence-corrected chi connectivity index (χ4v) is 2.00. The Labute approximate surface area is 113 Å². The largest absolute Gasteiger partial charge is 0.497 e. The molecule has 0 radical (unpaired) electrons. The van der Waals surface area contributed by atoms with E-state index in [9.17, 15) is 0 Å². The topological polar surface area (TPSA) is 27.7 Å². The van der Waals surface area contributed by atoms with Crippen LogP contribution in [0.2, 0.25) is 0 Å². The highest BCUT2D eigenvalue weighted by Gasteiger charge is 2.06. The summed E-state index contributed by atoms with van der Waals surface area (Å²) in [6.07, 6.45) is 0.796. The Morgan fingerprint density at radius 2 is 1.53 bits per heavy atom. The van der Waals surface area contributed by atoms with E-state index in [-0.39, 0.29) is 0 Å². The third-order valence-corrected chi connectivity index (χ3v) is 3.02. The average Bonchev–Trinajstić information content (AvgIpc) is 2.48. The molecule has 19 heavy (non-hydrogen) atoms. The lowest BCUT2D eigenvalue weighted by atomic mass is 10.0. The molecule has 0 aliphatic heterocycles. The first kappa shape index (κ1) is 13.3. The third-order valence-electron chi connectivity index (χ3n) is 3.02. The fraction of sp³-hybridized carbons (Fsp3) is 0.250. The van der Waals surface area contributed by atoms with Crippen molar-refractivity contribution in [3.05, 3.63) is 53.6 Å². The molecule has 0 fully saturated rings. The molecule has 0 bridgehead atoms. The predicted molar refractivity (Wildman–Crippen MR) is 75.3 cm³/mol. The molecule has 0 aliphatic rings. The Balaban J connectivity index is 2.26. The van der Waals surface area contributed by atoms with Crippen LogP contribution < -0.4 is 14.2 Å². The summed E-state index contributed by atoms with van der Waals surface area (Å²) in [5, 5.41) is 0. The van der Waals surface area contributed by atoms with E-state index in [1.54, 1.807) is 21.3 Å². The van der Waals surface area contributed by atoms with Gasteiger partial charge in [-0.1, -0.05) is 18.2 Å². The van der Waals surface area contributed by atoms with Gasteiger partial charge < -0.3 is 14.2 Å². The monoisotopic (exact) mass is 258 g/mol. The molecule has 0 spiro atoms. The number of methoxy groups -OCH3 is 3. The number of benzene rings is 2. The summed E-state index contributed by atoms with van der Waals surface area (Å²) in [7, 11) is 4.99. The Kier molecular flexibility index (Phi) is 4.29. The Bertz CT molecular complexity index is 549. The normalized spacial score (nSPS) is 10.1. The van der Waals surface area contributed by atoms with E-state index in [0.717, 1.165) is 29.2 Å². The zero-order chi connectivity index (χ0) is 13.7. The minimum Gasteiger partial charge on any atom is -0.497 e. The molecular weight excluding hydrogens is 240 g/mol. The summed E-state index contributed by atoms with van der Waals surface area (Å²) < 4.78 is 15.8. The van der Waals surface area contributed by atoms with Gasteiger partial charge in [-0.25, -0.2) is 0 Å². The summed E-state index contributed by atoms with van der Waals surface area (Å²) in [5.74, 6) is 2.50. The molecule has 2 aromatic carbocycles. The summed E-state index contributed by atoms with van der Waals surface area (Å²) in [6.45, 7) is 0. The Hall–Kier alpha value is -2.16. The molecule has 0 aromatic heterocycles. The maximum atomic E-state index is 5.41. The van der Waals surface area contributed by atoms with Gasteiger partial charge in [-0.05, 0) is 29.3 Å². The van der Waals surface area contributed by atoms with E-state index in [1.165, 1.54) is 5.56 Å². The van der Waals surface area contributed by atoms with Gasteiger partial charge in [-0.15, -0.1) is 0 Å². The van der Waals surface area contributed by atoms with Crippen LogP contribution in [0, 0.1) is 0 Å². The van der Waals surface area contributed by atoms with Gasteiger partial charge in [0.2, 0.25) is 0 Å². The lowest BCUT2D eigenvalue weighted by Gasteiger charge is -2.11. The van der Waals surface area contributed by atoms with Gasteiger partial charge in [-0.3, -0.25) is 0 Å². The van der Waals surface area contributed by atoms with Crippen LogP contribution >= 0.6 is 0 Å². The first-order valence-corrected chi connectivity index (χ1v) is 6.10. The van der Waals surface area contributed by atoms with E-state index in [0.29, 0.717) is 0 Å². The highest BCUT2D eigenvalue weighted by molar-refractivity contribution is 5.44. The highest BCUT2D eigenvalue weighted by Crippen LogP contribution is 2.27. The second-order valence-electron chi connectivity index (χ2n) is 4.21. The highest BCUT2D eigenvalue weighted by atomic mass is 16.5. The second-order valence-corrected chi connectivity index (χ2v) is 4.21. The van der Waals surface area contributed by atoms with Gasteiger partial charge in [0.15, 0.2) is 0 Å². The molecule has 0 saturated carbocycles. The van der Waals surface area contributed by atoms with E-state index >= 15 is 0 Å². The van der Waals surface area contributed by atoms with E-state index in [4.69, 9.17) is 14.2 Å². The van der Waals surface area contributed by atoms with Gasteiger partial charge >= 0.3 is 0 Å². The molecule has 0 atom stereocenters. The summed E-state index contributed by atoms with van der Waals surface area (Å²) in [5.41, 5.74) is 2.30. The minimum atomic E-state index is 0.796. The van der Waals surface area contributed by atoms with Gasteiger partial charge in [0.05, 0.1) is 21.3 Å². The summed E-state index contributed by atoms with van der Waals surface area (Å²) in [6, 6.07) is 13.9. The zero-order valence-corrected chi connectivity index (χ0v) is 11.5. The maximum absolute atomic E-state index is 5.41. The SMILES string of the molecule is COc1cccc(Cc2ccc(OC)cc2OC)c1. The molecule has 100 valence electrons. The molecule has 0 aliphatic carbocycles. The van der Waals surface area contributed by atoms with Crippen LogP contribution in [-0.4, -0.2) is 21.3 Å². The second kappa shape index (κ2) is 6.14. The van der Waals surface area contributed by atoms with Gasteiger partial charge in [-0.2, -0.15) is 0 Å². The Morgan fingerprint density at radius 1 is 0.789 bits per heavy atom. The average molecular weight is 258 g/mol. The predicted octanol–water partition coefficient (Wildman–Crippen LogP) is 3.30. The van der Waals surface area contributed by atoms with Crippen molar-refractivity contribution >= 4 is 0 Å². The van der Waals surface area contributed by atoms with Crippen molar-refractivity contribution in [3.63, 3.8) is 0 Å². The zero-order valence-electron chi connectivity index (χ0n) is 11.5. The van der Waals surface area contributed by atoms with Crippen molar-refractivity contribution in [1.82, 2.24) is 0 Å². The standard InChI is InChI=1S/C16H18O3/c1-17-14-6-4-5-12(10-14)9-13-7-8-15(18-2)11-16(13)19-3/h4-8,10-11H,9H2,1-3H3. The first-order chi connectivity index (χ1) is 9.26. The van der Waals surface area contributed by atoms with Crippen LogP contribution in [0.3, 0.4) is 0 Å². The molecule has 3 nitrogen and oxygen atoms in total. The quantitative estimate of drug-likeness (QED) is 0.823. The van der Waals surface area contributed by atoms with Gasteiger partial charge in [0, 0.05) is 12.5 Å². The van der Waals surface area contributed by atoms with E-state index < -0.39 is 0 Å². The van der Waals surface area contributed by atoms with E-state index in [2.05, 4.69) is 6.07 Å². The number of hydrogen-bond donors (Lipinski definition) is 0. The third kappa shape index (κ3) is 3.19. The number of hydrogen-bond acceptors (Lipinski definition) is 3. The van der Waals surface area contributed by atoms with E-state index in [1.807, 2.05) is 36.4 Å². The van der Waals surface area contributed by atoms with Crippen molar-refractivity contribution in [2.24, 2.45) is 0 Å². The van der Waals surface area contributed by atoms with Crippen molar-refractivity contribution in [1.29, 1.82) is 0 Å². The summed E-state index contributed by atoms with van der Waals surface area (Å²) >= 11 is 0. The lowest BCUT2D eigenvalue weighted by Crippen LogP contribution is -1.95. The van der Waals surface area contributed by atoms with Crippen molar-refractivity contribution < 1.29 is 14.2 Å². The van der Waals surface area contributed by atoms with Crippen LogP contribution in [0.5, 0.6) is 17.2 Å². The number of rotatable bonds is 5. The fourth-order valence-electron chi connectivity index (χ4n) is 2.00. The lowest BCUT2D eigenvalue weighted by molar-refractivity contribution is 0.391. The van der Waals surface area contributed by atoms with Crippen molar-refractivity contribution in [2.75, 3.05) is 21.3 Å². The molecule has 0 amide bonds. The maximum Gasteiger partial charge on any atom is 0.126 e. The molecule has 0 N–H and O–H groups in total. The van der Waals surface area contributed by atoms with Gasteiger partial charge in [0.25, 0.3) is 0 Å². The van der Waals surface area contributed by atoms with Gasteiger partial charge in [0.1, 0.15) is 17.2 Å². The van der Waals surface area contributed by atoms with Crippen molar-refractivity contribution in [3.8, 4) is 17.2 Å². The van der Waals surface area contributed by atoms with Crippen LogP contribution in [0.25, 0.3) is 0 Å². The van der Waals surface area contributed by atoms with Crippen LogP contribution in [0.1, 0.15) is 11.1 Å². The number of ether oxygens (including phenoxy) is 3. The first-order valence-electron chi connectivity index (χ1n) is 6.10. The minimum absolute atomic E-state index is 0.796. The van der Waals surface area contributed by atoms with Crippen molar-refractivity contribution in [2.45, 2.75) is 6.42 Å². The van der Waals surface area contributed by atoms with Crippen LogP contribution in [0.4, 0.5) is 0 Å². The molecular formula is C16H18O3. The summed E-state index contributed by atoms with van der Waals surface area (Å²) in [4.78, 5) is 0. The Morgan fingerprint density at radius 3 is 2.21 bits per heavy atom. The smallest absolute Gasteiger partial charge is 0.126 e. The van der Waals surface area contributed by atoms with Crippen LogP contribution in [0.15, 0.2) is 42.5 Å². The molecule has 0 saturated heterocycles.